The van der Waals surface area contributed by atoms with Crippen LogP contribution in [0.25, 0.3) is 0 Å². The fourth-order valence-electron chi connectivity index (χ4n) is 2.00. The van der Waals surface area contributed by atoms with Crippen molar-refractivity contribution in [2.75, 3.05) is 31.9 Å². The van der Waals surface area contributed by atoms with Crippen LogP contribution in [0.5, 0.6) is 0 Å². The van der Waals surface area contributed by atoms with Gasteiger partial charge in [0, 0.05) is 37.8 Å². The lowest BCUT2D eigenvalue weighted by molar-refractivity contribution is -0.139. The van der Waals surface area contributed by atoms with E-state index < -0.39 is 16.8 Å². The third-order valence-electron chi connectivity index (χ3n) is 3.66. The summed E-state index contributed by atoms with van der Waals surface area (Å²) < 4.78 is -0.720. The van der Waals surface area contributed by atoms with E-state index in [1.54, 1.807) is 23.6 Å². The van der Waals surface area contributed by atoms with Crippen LogP contribution in [0.2, 0.25) is 0 Å². The zero-order valence-electron chi connectivity index (χ0n) is 12.7. The SMILES string of the molecule is CC(=O)N1CCN(C(=O)CSC(C)(C)[C@H](N)C(=O)O)CC1. The molecule has 1 rings (SSSR count). The highest BCUT2D eigenvalue weighted by Crippen LogP contribution is 2.27. The molecule has 1 fully saturated rings. The number of piperazine rings is 1. The average molecular weight is 317 g/mol. The van der Waals surface area contributed by atoms with E-state index in [1.807, 2.05) is 0 Å². The molecule has 1 heterocycles. The van der Waals surface area contributed by atoms with E-state index >= 15 is 0 Å². The summed E-state index contributed by atoms with van der Waals surface area (Å²) in [5.41, 5.74) is 5.62. The van der Waals surface area contributed by atoms with E-state index in [9.17, 15) is 14.4 Å². The summed E-state index contributed by atoms with van der Waals surface area (Å²) in [7, 11) is 0. The first-order valence-corrected chi connectivity index (χ1v) is 7.79. The number of rotatable bonds is 5. The van der Waals surface area contributed by atoms with Crippen LogP contribution in [-0.4, -0.2) is 75.4 Å². The molecule has 1 aliphatic heterocycles. The lowest BCUT2D eigenvalue weighted by atomic mass is 10.1. The number of carboxylic acids is 1. The molecule has 8 heteroatoms. The second-order valence-electron chi connectivity index (χ2n) is 5.59. The molecule has 2 amide bonds. The Balaban J connectivity index is 2.45. The van der Waals surface area contributed by atoms with Gasteiger partial charge >= 0.3 is 5.97 Å². The van der Waals surface area contributed by atoms with Crippen molar-refractivity contribution in [3.63, 3.8) is 0 Å². The van der Waals surface area contributed by atoms with Gasteiger partial charge in [0.05, 0.1) is 5.75 Å². The first kappa shape index (κ1) is 17.8. The molecule has 0 saturated carbocycles. The molecular weight excluding hydrogens is 294 g/mol. The minimum atomic E-state index is -1.07. The molecule has 0 spiro atoms. The summed E-state index contributed by atoms with van der Waals surface area (Å²) in [4.78, 5) is 37.7. The fraction of sp³-hybridized carbons (Fsp3) is 0.769. The van der Waals surface area contributed by atoms with Crippen molar-refractivity contribution in [1.82, 2.24) is 9.80 Å². The van der Waals surface area contributed by atoms with Gasteiger partial charge in [-0.3, -0.25) is 14.4 Å². The number of carbonyl (C=O) groups excluding carboxylic acids is 2. The van der Waals surface area contributed by atoms with E-state index in [0.717, 1.165) is 0 Å². The van der Waals surface area contributed by atoms with Gasteiger partial charge in [-0.2, -0.15) is 0 Å². The maximum Gasteiger partial charge on any atom is 0.321 e. The average Bonchev–Trinajstić information content (AvgIpc) is 2.43. The molecule has 0 radical (unpaired) electrons. The largest absolute Gasteiger partial charge is 0.480 e. The molecule has 1 saturated heterocycles. The predicted molar refractivity (Wildman–Crippen MR) is 81.0 cm³/mol. The Morgan fingerprint density at radius 2 is 1.67 bits per heavy atom. The second-order valence-corrected chi connectivity index (χ2v) is 7.22. The Hall–Kier alpha value is -1.28. The van der Waals surface area contributed by atoms with Gasteiger partial charge in [0.2, 0.25) is 11.8 Å². The number of nitrogens with two attached hydrogens (primary N) is 1. The Bertz CT molecular complexity index is 420. The van der Waals surface area contributed by atoms with Crippen molar-refractivity contribution in [3.8, 4) is 0 Å². The van der Waals surface area contributed by atoms with Crippen molar-refractivity contribution in [1.29, 1.82) is 0 Å². The Morgan fingerprint density at radius 3 is 2.10 bits per heavy atom. The van der Waals surface area contributed by atoms with Gasteiger partial charge in [0.1, 0.15) is 6.04 Å². The van der Waals surface area contributed by atoms with Crippen molar-refractivity contribution in [3.05, 3.63) is 0 Å². The topological polar surface area (TPSA) is 104 Å². The van der Waals surface area contributed by atoms with Gasteiger partial charge < -0.3 is 20.6 Å². The molecule has 1 atom stereocenters. The standard InChI is InChI=1S/C13H23N3O4S/c1-9(17)15-4-6-16(7-5-15)10(18)8-21-13(2,3)11(14)12(19)20/h11H,4-8,14H2,1-3H3,(H,19,20)/t11-/m1/s1. The normalized spacial score (nSPS) is 17.5. The Morgan fingerprint density at radius 1 is 1.19 bits per heavy atom. The van der Waals surface area contributed by atoms with Gasteiger partial charge in [-0.15, -0.1) is 11.8 Å². The number of amides is 2. The number of carboxylic acid groups (broad SMARTS) is 1. The highest BCUT2D eigenvalue weighted by atomic mass is 32.2. The number of hydrogen-bond acceptors (Lipinski definition) is 5. The predicted octanol–water partition coefficient (Wildman–Crippen LogP) is -0.399. The summed E-state index contributed by atoms with van der Waals surface area (Å²) in [6.45, 7) is 7.08. The van der Waals surface area contributed by atoms with Gasteiger partial charge in [0.15, 0.2) is 0 Å². The summed E-state index contributed by atoms with van der Waals surface area (Å²) in [6, 6.07) is -1.02. The van der Waals surface area contributed by atoms with Crippen molar-refractivity contribution < 1.29 is 19.5 Å². The van der Waals surface area contributed by atoms with Crippen LogP contribution < -0.4 is 5.73 Å². The number of thioether (sulfide) groups is 1. The second kappa shape index (κ2) is 7.13. The Kier molecular flexibility index (Phi) is 6.03. The van der Waals surface area contributed by atoms with Crippen molar-refractivity contribution >= 4 is 29.5 Å². The molecule has 0 aromatic carbocycles. The first-order chi connectivity index (χ1) is 9.65. The summed E-state index contributed by atoms with van der Waals surface area (Å²) in [6.07, 6.45) is 0. The quantitative estimate of drug-likeness (QED) is 0.715. The first-order valence-electron chi connectivity index (χ1n) is 6.81. The third kappa shape index (κ3) is 4.89. The van der Waals surface area contributed by atoms with Crippen LogP contribution in [0.3, 0.4) is 0 Å². The summed E-state index contributed by atoms with van der Waals surface area (Å²) in [5.74, 6) is -0.914. The van der Waals surface area contributed by atoms with Crippen LogP contribution in [-0.2, 0) is 14.4 Å². The van der Waals surface area contributed by atoms with Gasteiger partial charge in [0.25, 0.3) is 0 Å². The molecular formula is C13H23N3O4S. The van der Waals surface area contributed by atoms with Gasteiger partial charge in [-0.05, 0) is 13.8 Å². The monoisotopic (exact) mass is 317 g/mol. The van der Waals surface area contributed by atoms with Gasteiger partial charge in [-0.25, -0.2) is 0 Å². The molecule has 7 nitrogen and oxygen atoms in total. The van der Waals surface area contributed by atoms with Crippen LogP contribution in [0.15, 0.2) is 0 Å². The van der Waals surface area contributed by atoms with E-state index in [1.165, 1.54) is 18.7 Å². The smallest absolute Gasteiger partial charge is 0.321 e. The minimum absolute atomic E-state index is 0.0186. The van der Waals surface area contributed by atoms with Crippen LogP contribution in [0.4, 0.5) is 0 Å². The minimum Gasteiger partial charge on any atom is -0.480 e. The zero-order chi connectivity index (χ0) is 16.2. The summed E-state index contributed by atoms with van der Waals surface area (Å²) in [5, 5.41) is 8.94. The molecule has 21 heavy (non-hydrogen) atoms. The lowest BCUT2D eigenvalue weighted by Gasteiger charge is -2.35. The van der Waals surface area contributed by atoms with Crippen LogP contribution >= 0.6 is 11.8 Å². The lowest BCUT2D eigenvalue weighted by Crippen LogP contribution is -2.51. The molecule has 0 unspecified atom stereocenters. The maximum absolute atomic E-state index is 12.1. The number of carbonyl (C=O) groups is 3. The number of aliphatic carboxylic acids is 1. The zero-order valence-corrected chi connectivity index (χ0v) is 13.5. The van der Waals surface area contributed by atoms with E-state index in [4.69, 9.17) is 10.8 Å². The van der Waals surface area contributed by atoms with Gasteiger partial charge in [-0.1, -0.05) is 0 Å². The molecule has 120 valence electrons. The maximum atomic E-state index is 12.1. The van der Waals surface area contributed by atoms with Crippen molar-refractivity contribution in [2.45, 2.75) is 31.6 Å². The molecule has 3 N–H and O–H groups in total. The fourth-order valence-corrected chi connectivity index (χ4v) is 2.96. The molecule has 0 bridgehead atoms. The van der Waals surface area contributed by atoms with E-state index in [2.05, 4.69) is 0 Å². The van der Waals surface area contributed by atoms with E-state index in [0.29, 0.717) is 26.2 Å². The van der Waals surface area contributed by atoms with Crippen LogP contribution in [0.1, 0.15) is 20.8 Å². The number of nitrogens with zero attached hydrogens (tertiary/aromatic N) is 2. The molecule has 0 aromatic rings. The highest BCUT2D eigenvalue weighted by Gasteiger charge is 2.34. The third-order valence-corrected chi connectivity index (χ3v) is 5.05. The van der Waals surface area contributed by atoms with E-state index in [-0.39, 0.29) is 17.6 Å². The number of hydrogen-bond donors (Lipinski definition) is 2. The summed E-state index contributed by atoms with van der Waals surface area (Å²) >= 11 is 1.25. The van der Waals surface area contributed by atoms with Crippen molar-refractivity contribution in [2.24, 2.45) is 5.73 Å². The van der Waals surface area contributed by atoms with Crippen LogP contribution in [0, 0.1) is 0 Å². The highest BCUT2D eigenvalue weighted by molar-refractivity contribution is 8.01. The molecule has 1 aliphatic rings. The Labute approximate surface area is 128 Å². The molecule has 0 aromatic heterocycles. The molecule has 0 aliphatic carbocycles.